The van der Waals surface area contributed by atoms with Gasteiger partial charge in [0.25, 0.3) is 6.01 Å². The predicted molar refractivity (Wildman–Crippen MR) is 460 cm³/mol. The van der Waals surface area contributed by atoms with E-state index in [1.807, 2.05) is 116 Å². The molecule has 121 heavy (non-hydrogen) atoms. The number of imidazole rings is 1. The number of fused-ring (bicyclic) bond motifs is 6. The van der Waals surface area contributed by atoms with Gasteiger partial charge in [0.05, 0.1) is 143 Å². The highest BCUT2D eigenvalue weighted by molar-refractivity contribution is 6.00. The van der Waals surface area contributed by atoms with Crippen LogP contribution in [0.15, 0.2) is 120 Å². The fourth-order valence-electron chi connectivity index (χ4n) is 16.8. The minimum absolute atomic E-state index is 0.0990. The molecule has 0 spiro atoms. The van der Waals surface area contributed by atoms with Crippen LogP contribution in [0.1, 0.15) is 121 Å². The maximum absolute atomic E-state index is 11.3. The van der Waals surface area contributed by atoms with E-state index in [0.717, 1.165) is 159 Å². The Bertz CT molecular complexity index is 6070. The van der Waals surface area contributed by atoms with E-state index in [1.54, 1.807) is 25.8 Å². The Balaban J connectivity index is 0.000000121. The number of aromatic nitrogens is 16. The van der Waals surface area contributed by atoms with Crippen LogP contribution in [0.2, 0.25) is 0 Å². The molecule has 1 unspecified atom stereocenters. The van der Waals surface area contributed by atoms with Crippen LogP contribution in [-0.2, 0) is 37.0 Å². The molecule has 630 valence electrons. The molecule has 0 bridgehead atoms. The molecular weight excluding hydrogens is 1550 g/mol. The summed E-state index contributed by atoms with van der Waals surface area (Å²) in [5, 5.41) is 41.5. The van der Waals surface area contributed by atoms with Gasteiger partial charge in [-0.2, -0.15) is 25.1 Å². The predicted octanol–water partition coefficient (Wildman–Crippen LogP) is 11.9. The van der Waals surface area contributed by atoms with Crippen molar-refractivity contribution in [3.8, 4) is 62.4 Å². The summed E-state index contributed by atoms with van der Waals surface area (Å²) in [5.41, 5.74) is 30.7. The number of hydrogen-bond acceptors (Lipinski definition) is 30. The van der Waals surface area contributed by atoms with Crippen molar-refractivity contribution in [2.24, 2.45) is 5.92 Å². The van der Waals surface area contributed by atoms with E-state index in [0.29, 0.717) is 121 Å². The molecule has 4 aliphatic heterocycles. The number of oxazole rings is 1. The zero-order valence-corrected chi connectivity index (χ0v) is 69.1. The van der Waals surface area contributed by atoms with Crippen molar-refractivity contribution < 1.29 is 57.7 Å². The van der Waals surface area contributed by atoms with Crippen LogP contribution in [0.25, 0.3) is 106 Å². The van der Waals surface area contributed by atoms with E-state index in [4.69, 9.17) is 89.7 Å². The second-order valence-corrected chi connectivity index (χ2v) is 31.3. The quantitative estimate of drug-likeness (QED) is 0.0472. The lowest BCUT2D eigenvalue weighted by atomic mass is 9.82. The van der Waals surface area contributed by atoms with E-state index < -0.39 is 5.97 Å². The summed E-state index contributed by atoms with van der Waals surface area (Å²) in [6, 6.07) is 33.6. The standard InChI is InChI=1S/C26H32N4O4.C25H31N5O4.C21H22N6O3.C15H15N7O/c1-16-12-19(13-17(2)34-16)24-28-25-21(26(29-24)30-8-10-33-11-9-30)5-6-22(27-25)18-4-7-23(32-3)20(14-18)15-31;1-16-14-33-10-8-29(16)24-20-5-6-21(18-4-7-22(32-3)19(12-18)13-31)26-23(20)27-25(28-24)30-9-11-34-15-17(30)2;1-30-15-4-2-3-13-9-14(25-16(13)15)17-18-19(22)23-10-24-27(18)20(26-17)11-5-7-12(8-6-11)21(28)29;1-7(2)22-14-11(13(16)18-6-19-14)12(21-22)8-3-4-10-9(5-8)20-15(17)23-10/h4-7,14,16-17,19,31H,8-13,15H2,1-3H3;4-7,12,16-17,31H,8-11,13-15H2,1-3H3;2-4,9-12,25H,5-8H2,1H3,(H,28,29)(H2,22,23,24);3-7H,1-2H3,(H2,17,20)(H2,16,18,19)/t16-,17+,19?;16-,17-;;/m.1../s1. The number of anilines is 6. The van der Waals surface area contributed by atoms with Crippen molar-refractivity contribution in [2.45, 2.75) is 135 Å². The summed E-state index contributed by atoms with van der Waals surface area (Å²) in [4.78, 5) is 73.1. The monoisotopic (exact) mass is 1640 g/mol. The number of pyridine rings is 2. The number of para-hydroxylation sites is 1. The summed E-state index contributed by atoms with van der Waals surface area (Å²) >= 11 is 0. The summed E-state index contributed by atoms with van der Waals surface area (Å²) in [6.07, 6.45) is 7.79. The van der Waals surface area contributed by atoms with Gasteiger partial charge < -0.3 is 89.8 Å². The minimum Gasteiger partial charge on any atom is -0.496 e. The van der Waals surface area contributed by atoms with Crippen LogP contribution in [-0.4, -0.2) is 212 Å². The highest BCUT2D eigenvalue weighted by Crippen LogP contribution is 2.42. The van der Waals surface area contributed by atoms with Crippen molar-refractivity contribution >= 4 is 102 Å². The van der Waals surface area contributed by atoms with Crippen LogP contribution < -0.4 is 46.1 Å². The molecule has 0 amide bonds. The molecule has 4 saturated heterocycles. The number of aliphatic carboxylic acids is 1. The van der Waals surface area contributed by atoms with Gasteiger partial charge in [0, 0.05) is 77.3 Å². The van der Waals surface area contributed by atoms with E-state index in [1.165, 1.54) is 12.7 Å². The average molecular weight is 1650 g/mol. The third-order valence-corrected chi connectivity index (χ3v) is 22.9. The van der Waals surface area contributed by atoms with Gasteiger partial charge in [-0.3, -0.25) is 4.79 Å². The number of nitrogens with one attached hydrogen (secondary N) is 1. The lowest BCUT2D eigenvalue weighted by Gasteiger charge is -2.37. The van der Waals surface area contributed by atoms with Gasteiger partial charge in [-0.05, 0) is 171 Å². The molecule has 5 fully saturated rings. The molecule has 4 aromatic carbocycles. The SMILES string of the molecule is CC(C)n1nc(-c2ccc3oc(N)nc3c2)c2c(N)ncnc21.COc1ccc(-c2ccc3c(N4CCOCC4)nc(C4C[C@@H](C)O[C@@H](C)C4)nc3n2)cc1CO.COc1ccc(-c2ccc3c(N4CCOC[C@H]4C)nc(N4CCOC[C@H]4C)nc3n2)cc1CO.COc1cccc2cc(-c3nc(C4CCC(C(=O)O)CC4)n4ncnc(N)c34)[nH]c12. The van der Waals surface area contributed by atoms with Crippen LogP contribution >= 0.6 is 0 Å². The fraction of sp³-hybridized carbons (Fsp3) is 0.402. The summed E-state index contributed by atoms with van der Waals surface area (Å²) in [7, 11) is 4.84. The fourth-order valence-corrected chi connectivity index (χ4v) is 16.8. The first-order chi connectivity index (χ1) is 58.7. The third kappa shape index (κ3) is 17.1. The number of nitrogens with zero attached hydrogens (tertiary/aromatic N) is 18. The van der Waals surface area contributed by atoms with Crippen molar-refractivity contribution in [1.29, 1.82) is 0 Å². The molecule has 5 atom stereocenters. The van der Waals surface area contributed by atoms with Gasteiger partial charge in [0.15, 0.2) is 28.3 Å². The number of nitrogens with two attached hydrogens (primary N) is 3. The van der Waals surface area contributed by atoms with E-state index >= 15 is 0 Å². The molecule has 34 heteroatoms. The van der Waals surface area contributed by atoms with Gasteiger partial charge in [-0.15, -0.1) is 0 Å². The average Bonchev–Trinajstić information content (AvgIpc) is 1.65. The van der Waals surface area contributed by atoms with E-state index in [-0.39, 0.29) is 67.3 Å². The number of methoxy groups -OCH3 is 3. The molecule has 10 aromatic heterocycles. The molecular formula is C87H100N22O12. The van der Waals surface area contributed by atoms with E-state index in [2.05, 4.69) is 83.6 Å². The molecule has 14 heterocycles. The number of hydrogen-bond donors (Lipinski definition) is 7. The second-order valence-electron chi connectivity index (χ2n) is 31.3. The Kier molecular flexibility index (Phi) is 24.3. The molecule has 19 rings (SSSR count). The largest absolute Gasteiger partial charge is 0.496 e. The van der Waals surface area contributed by atoms with Crippen molar-refractivity contribution in [3.63, 3.8) is 0 Å². The Morgan fingerprint density at radius 1 is 0.603 bits per heavy atom. The molecule has 34 nitrogen and oxygen atoms in total. The number of benzene rings is 4. The Labute approximate surface area is 696 Å². The smallest absolute Gasteiger partial charge is 0.306 e. The summed E-state index contributed by atoms with van der Waals surface area (Å²) in [5.74, 6) is 6.29. The number of carboxylic acids is 1. The number of aliphatic hydroxyl groups excluding tert-OH is 2. The number of aliphatic hydroxyl groups is 2. The minimum atomic E-state index is -0.722. The molecule has 14 aromatic rings. The number of morpholine rings is 3. The van der Waals surface area contributed by atoms with Gasteiger partial charge in [0.2, 0.25) is 5.95 Å². The lowest BCUT2D eigenvalue weighted by molar-refractivity contribution is -0.142. The maximum atomic E-state index is 11.3. The lowest BCUT2D eigenvalue weighted by Crippen LogP contribution is -2.46. The molecule has 5 aliphatic rings. The highest BCUT2D eigenvalue weighted by atomic mass is 16.5. The Morgan fingerprint density at radius 2 is 1.23 bits per heavy atom. The number of rotatable bonds is 16. The number of carboxylic acid groups (broad SMARTS) is 1. The topological polar surface area (TPSA) is 436 Å². The number of ether oxygens (including phenoxy) is 7. The first kappa shape index (κ1) is 82.1. The first-order valence-corrected chi connectivity index (χ1v) is 40.9. The number of nitrogen functional groups attached to an aromatic ring is 3. The number of carbonyl (C=O) groups is 1. The van der Waals surface area contributed by atoms with Crippen molar-refractivity contribution in [2.75, 3.05) is 119 Å². The van der Waals surface area contributed by atoms with Crippen LogP contribution in [0.5, 0.6) is 17.2 Å². The zero-order valence-electron chi connectivity index (χ0n) is 69.1. The van der Waals surface area contributed by atoms with Crippen molar-refractivity contribution in [1.82, 2.24) is 79.2 Å². The highest BCUT2D eigenvalue weighted by Gasteiger charge is 2.35. The first-order valence-electron chi connectivity index (χ1n) is 40.9. The normalized spacial score (nSPS) is 19.5. The Morgan fingerprint density at radius 3 is 1.87 bits per heavy atom. The second kappa shape index (κ2) is 35.8. The van der Waals surface area contributed by atoms with Gasteiger partial charge in [-0.1, -0.05) is 12.1 Å². The number of aromatic amines is 1. The third-order valence-electron chi connectivity index (χ3n) is 22.9. The van der Waals surface area contributed by atoms with Gasteiger partial charge in [0.1, 0.15) is 81.4 Å². The maximum Gasteiger partial charge on any atom is 0.306 e. The number of H-pyrrole nitrogens is 1. The molecule has 10 N–H and O–H groups in total. The summed E-state index contributed by atoms with van der Waals surface area (Å²) in [6.45, 7) is 19.5. The zero-order chi connectivity index (χ0) is 84.3. The molecule has 0 radical (unpaired) electrons. The van der Waals surface area contributed by atoms with Crippen molar-refractivity contribution in [3.05, 3.63) is 139 Å². The Hall–Kier alpha value is -12.6. The van der Waals surface area contributed by atoms with Crippen LogP contribution in [0, 0.1) is 5.92 Å². The van der Waals surface area contributed by atoms with Crippen LogP contribution in [0.4, 0.5) is 35.2 Å². The van der Waals surface area contributed by atoms with Gasteiger partial charge >= 0.3 is 5.97 Å². The van der Waals surface area contributed by atoms with Crippen LogP contribution in [0.3, 0.4) is 0 Å². The molecule has 1 saturated carbocycles. The summed E-state index contributed by atoms with van der Waals surface area (Å²) < 4.78 is 47.9. The molecule has 1 aliphatic carbocycles. The van der Waals surface area contributed by atoms with E-state index in [9.17, 15) is 20.1 Å². The van der Waals surface area contributed by atoms with Gasteiger partial charge in [-0.25, -0.2) is 49.1 Å².